The molecule has 98 valence electrons. The maximum atomic E-state index is 10.9. The number of hydrogen-bond acceptors (Lipinski definition) is 1. The van der Waals surface area contributed by atoms with Crippen molar-refractivity contribution in [3.05, 3.63) is 35.9 Å². The molecule has 2 nitrogen and oxygen atoms in total. The first-order valence-electron chi connectivity index (χ1n) is 6.32. The Morgan fingerprint density at radius 3 is 2.56 bits per heavy atom. The van der Waals surface area contributed by atoms with Gasteiger partial charge in [0.15, 0.2) is 0 Å². The van der Waals surface area contributed by atoms with E-state index in [4.69, 9.17) is 0 Å². The quantitative estimate of drug-likeness (QED) is 0.429. The Morgan fingerprint density at radius 1 is 1.22 bits per heavy atom. The van der Waals surface area contributed by atoms with Crippen LogP contribution < -0.4 is 5.32 Å². The third-order valence-electron chi connectivity index (χ3n) is 2.55. The van der Waals surface area contributed by atoms with Gasteiger partial charge in [0.25, 0.3) is 0 Å². The van der Waals surface area contributed by atoms with E-state index in [1.807, 2.05) is 24.3 Å². The van der Waals surface area contributed by atoms with E-state index in [0.29, 0.717) is 0 Å². The van der Waals surface area contributed by atoms with Crippen molar-refractivity contribution in [3.8, 4) is 0 Å². The van der Waals surface area contributed by atoms with Crippen LogP contribution in [0.1, 0.15) is 38.2 Å². The molecule has 0 unspecified atom stereocenters. The summed E-state index contributed by atoms with van der Waals surface area (Å²) < 4.78 is 1.26. The van der Waals surface area contributed by atoms with Crippen molar-refractivity contribution >= 4 is 40.3 Å². The van der Waals surface area contributed by atoms with Crippen LogP contribution in [0.15, 0.2) is 30.3 Å². The smallest absolute Gasteiger partial charge is 0.221 e. The zero-order valence-corrected chi connectivity index (χ0v) is 12.9. The third kappa shape index (κ3) is 6.79. The predicted molar refractivity (Wildman–Crippen MR) is 87.1 cm³/mol. The van der Waals surface area contributed by atoms with Crippen LogP contribution in [0.25, 0.3) is 6.08 Å². The van der Waals surface area contributed by atoms with E-state index >= 15 is 0 Å². The van der Waals surface area contributed by atoms with Gasteiger partial charge in [-0.3, -0.25) is 4.79 Å². The lowest BCUT2D eigenvalue weighted by Crippen LogP contribution is -2.05. The monoisotopic (exact) mass is 357 g/mol. The van der Waals surface area contributed by atoms with Gasteiger partial charge in [0, 0.05) is 12.6 Å². The number of hydrogen-bond donors (Lipinski definition) is 1. The predicted octanol–water partition coefficient (Wildman–Crippen LogP) is 4.65. The fourth-order valence-electron chi connectivity index (χ4n) is 1.63. The lowest BCUT2D eigenvalue weighted by Gasteiger charge is -2.01. The van der Waals surface area contributed by atoms with Crippen LogP contribution >= 0.6 is 22.6 Å². The highest BCUT2D eigenvalue weighted by Gasteiger charge is 1.94. The number of unbranched alkanes of at least 4 members (excludes halogenated alkanes) is 3. The Hall–Kier alpha value is -0.840. The van der Waals surface area contributed by atoms with Gasteiger partial charge in [-0.05, 0) is 41.4 Å². The van der Waals surface area contributed by atoms with Gasteiger partial charge < -0.3 is 5.32 Å². The van der Waals surface area contributed by atoms with E-state index in [2.05, 4.69) is 40.1 Å². The number of alkyl halides is 1. The van der Waals surface area contributed by atoms with Crippen LogP contribution in [0.5, 0.6) is 0 Å². The molecule has 18 heavy (non-hydrogen) atoms. The number of carbonyl (C=O) groups excluding carboxylic acids is 1. The Labute approximate surface area is 123 Å². The summed E-state index contributed by atoms with van der Waals surface area (Å²) in [5, 5.41) is 2.76. The number of carbonyl (C=O) groups is 1. The molecule has 0 aliphatic carbocycles. The molecule has 0 radical (unpaired) electrons. The summed E-state index contributed by atoms with van der Waals surface area (Å²) in [6.45, 7) is 1.52. The topological polar surface area (TPSA) is 29.1 Å². The maximum Gasteiger partial charge on any atom is 0.221 e. The normalized spacial score (nSPS) is 10.8. The number of anilines is 1. The average molecular weight is 357 g/mol. The van der Waals surface area contributed by atoms with Gasteiger partial charge in [-0.2, -0.15) is 0 Å². The summed E-state index contributed by atoms with van der Waals surface area (Å²) in [5.41, 5.74) is 2.03. The first-order chi connectivity index (χ1) is 8.72. The van der Waals surface area contributed by atoms with Crippen LogP contribution in [0, 0.1) is 0 Å². The highest BCUT2D eigenvalue weighted by Crippen LogP contribution is 2.11. The van der Waals surface area contributed by atoms with E-state index in [1.165, 1.54) is 36.2 Å². The van der Waals surface area contributed by atoms with E-state index in [-0.39, 0.29) is 5.91 Å². The van der Waals surface area contributed by atoms with Crippen molar-refractivity contribution in [2.75, 3.05) is 9.74 Å². The fraction of sp³-hybridized carbons (Fsp3) is 0.400. The minimum Gasteiger partial charge on any atom is -0.326 e. The molecule has 0 fully saturated rings. The van der Waals surface area contributed by atoms with Crippen LogP contribution in [0.2, 0.25) is 0 Å². The van der Waals surface area contributed by atoms with Gasteiger partial charge in [-0.25, -0.2) is 0 Å². The molecular formula is C15H20INO. The van der Waals surface area contributed by atoms with Crippen LogP contribution in [0.4, 0.5) is 5.69 Å². The SMILES string of the molecule is CC(=O)Nc1ccc(/C=C\CCCCCI)cc1. The van der Waals surface area contributed by atoms with Gasteiger partial charge in [0.2, 0.25) is 5.91 Å². The lowest BCUT2D eigenvalue weighted by atomic mass is 10.1. The number of nitrogens with one attached hydrogen (secondary N) is 1. The molecule has 0 saturated carbocycles. The van der Waals surface area contributed by atoms with E-state index in [9.17, 15) is 4.79 Å². The second-order valence-electron chi connectivity index (χ2n) is 4.24. The van der Waals surface area contributed by atoms with E-state index < -0.39 is 0 Å². The Bertz CT molecular complexity index is 384. The van der Waals surface area contributed by atoms with Crippen LogP contribution in [0.3, 0.4) is 0 Å². The maximum absolute atomic E-state index is 10.9. The van der Waals surface area contributed by atoms with Gasteiger partial charge in [0.1, 0.15) is 0 Å². The van der Waals surface area contributed by atoms with Gasteiger partial charge in [0.05, 0.1) is 0 Å². The fourth-order valence-corrected chi connectivity index (χ4v) is 2.17. The molecule has 0 spiro atoms. The minimum absolute atomic E-state index is 0.0337. The first-order valence-corrected chi connectivity index (χ1v) is 7.85. The van der Waals surface area contributed by atoms with Crippen LogP contribution in [-0.2, 0) is 4.79 Å². The molecule has 1 amide bonds. The average Bonchev–Trinajstić information content (AvgIpc) is 2.35. The molecule has 1 rings (SSSR count). The molecule has 3 heteroatoms. The van der Waals surface area contributed by atoms with Crippen molar-refractivity contribution < 1.29 is 4.79 Å². The zero-order valence-electron chi connectivity index (χ0n) is 10.8. The summed E-state index contributed by atoms with van der Waals surface area (Å²) in [7, 11) is 0. The van der Waals surface area contributed by atoms with Crippen molar-refractivity contribution in [3.63, 3.8) is 0 Å². The van der Waals surface area contributed by atoms with Crippen molar-refractivity contribution in [2.24, 2.45) is 0 Å². The number of halogens is 1. The zero-order chi connectivity index (χ0) is 13.2. The molecule has 0 aromatic heterocycles. The summed E-state index contributed by atoms with van der Waals surface area (Å²) in [5.74, 6) is -0.0337. The molecule has 1 N–H and O–H groups in total. The summed E-state index contributed by atoms with van der Waals surface area (Å²) in [6.07, 6.45) is 9.41. The van der Waals surface area contributed by atoms with Crippen molar-refractivity contribution in [2.45, 2.75) is 32.6 Å². The molecule has 0 bridgehead atoms. The van der Waals surface area contributed by atoms with Crippen molar-refractivity contribution in [1.82, 2.24) is 0 Å². The highest BCUT2D eigenvalue weighted by atomic mass is 127. The van der Waals surface area contributed by atoms with Crippen molar-refractivity contribution in [1.29, 1.82) is 0 Å². The molecule has 0 saturated heterocycles. The Morgan fingerprint density at radius 2 is 1.94 bits per heavy atom. The summed E-state index contributed by atoms with van der Waals surface area (Å²) >= 11 is 2.42. The van der Waals surface area contributed by atoms with E-state index in [1.54, 1.807) is 0 Å². The second kappa shape index (κ2) is 9.14. The van der Waals surface area contributed by atoms with E-state index in [0.717, 1.165) is 12.1 Å². The molecule has 1 aromatic rings. The van der Waals surface area contributed by atoms with Gasteiger partial charge in [-0.1, -0.05) is 53.3 Å². The second-order valence-corrected chi connectivity index (χ2v) is 5.32. The van der Waals surface area contributed by atoms with Gasteiger partial charge in [-0.15, -0.1) is 0 Å². The molecular weight excluding hydrogens is 337 g/mol. The largest absolute Gasteiger partial charge is 0.326 e. The van der Waals surface area contributed by atoms with Gasteiger partial charge >= 0.3 is 0 Å². The molecule has 1 aromatic carbocycles. The Kier molecular flexibility index (Phi) is 7.73. The third-order valence-corrected chi connectivity index (χ3v) is 3.31. The summed E-state index contributed by atoms with van der Waals surface area (Å²) in [4.78, 5) is 10.9. The number of rotatable bonds is 7. The Balaban J connectivity index is 2.34. The summed E-state index contributed by atoms with van der Waals surface area (Å²) in [6, 6.07) is 7.90. The molecule has 0 atom stereocenters. The molecule has 0 aliphatic rings. The standard InChI is InChI=1S/C15H20INO/c1-13(18)17-15-10-8-14(9-11-15)7-5-3-2-4-6-12-16/h5,7-11H,2-4,6,12H2,1H3,(H,17,18)/b7-5-. The molecule has 0 aliphatic heterocycles. The minimum atomic E-state index is -0.0337. The highest BCUT2D eigenvalue weighted by molar-refractivity contribution is 14.1. The molecule has 0 heterocycles. The first kappa shape index (κ1) is 15.2. The number of benzene rings is 1. The lowest BCUT2D eigenvalue weighted by molar-refractivity contribution is -0.114. The number of amides is 1. The number of allylic oxidation sites excluding steroid dienone is 1. The van der Waals surface area contributed by atoms with Crippen LogP contribution in [-0.4, -0.2) is 10.3 Å².